The zero-order chi connectivity index (χ0) is 12.7. The molecular formula is C14H23BrN2. The van der Waals surface area contributed by atoms with Crippen molar-refractivity contribution in [1.82, 2.24) is 10.3 Å². The fourth-order valence-corrected chi connectivity index (χ4v) is 2.43. The Hall–Kier alpha value is -0.410. The molecule has 0 fully saturated rings. The third-order valence-electron chi connectivity index (χ3n) is 2.72. The number of halogens is 1. The van der Waals surface area contributed by atoms with Crippen molar-refractivity contribution in [3.63, 3.8) is 0 Å². The second-order valence-electron chi connectivity index (χ2n) is 4.88. The van der Waals surface area contributed by atoms with Crippen molar-refractivity contribution in [1.29, 1.82) is 0 Å². The molecule has 0 aliphatic heterocycles. The average Bonchev–Trinajstić information content (AvgIpc) is 2.25. The zero-order valence-corrected chi connectivity index (χ0v) is 12.6. The molecular weight excluding hydrogens is 276 g/mol. The van der Waals surface area contributed by atoms with E-state index in [4.69, 9.17) is 0 Å². The number of hydrogen-bond donors (Lipinski definition) is 1. The lowest BCUT2D eigenvalue weighted by atomic mass is 10.0. The molecule has 1 aromatic heterocycles. The largest absolute Gasteiger partial charge is 0.311 e. The second-order valence-corrected chi connectivity index (χ2v) is 5.79. The van der Waals surface area contributed by atoms with E-state index in [1.807, 2.05) is 12.4 Å². The normalized spacial score (nSPS) is 13.0. The van der Waals surface area contributed by atoms with E-state index in [1.165, 1.54) is 24.8 Å². The van der Waals surface area contributed by atoms with E-state index in [0.29, 0.717) is 12.1 Å². The molecule has 3 heteroatoms. The predicted molar refractivity (Wildman–Crippen MR) is 77.2 cm³/mol. The average molecular weight is 299 g/mol. The van der Waals surface area contributed by atoms with Gasteiger partial charge < -0.3 is 5.32 Å². The van der Waals surface area contributed by atoms with Crippen LogP contribution in [0, 0.1) is 0 Å². The van der Waals surface area contributed by atoms with Gasteiger partial charge in [-0.05, 0) is 40.4 Å². The summed E-state index contributed by atoms with van der Waals surface area (Å²) in [5.41, 5.74) is 1.30. The van der Waals surface area contributed by atoms with Gasteiger partial charge in [-0.3, -0.25) is 4.98 Å². The minimum absolute atomic E-state index is 0.539. The maximum atomic E-state index is 4.22. The number of hydrogen-bond acceptors (Lipinski definition) is 2. The lowest BCUT2D eigenvalue weighted by Gasteiger charge is -2.21. The first-order valence-electron chi connectivity index (χ1n) is 6.47. The molecule has 0 radical (unpaired) electrons. The van der Waals surface area contributed by atoms with Gasteiger partial charge in [0.25, 0.3) is 0 Å². The molecule has 1 heterocycles. The Labute approximate surface area is 113 Å². The Balaban J connectivity index is 2.58. The van der Waals surface area contributed by atoms with Crippen LogP contribution in [-0.4, -0.2) is 17.1 Å². The fourth-order valence-electron chi connectivity index (χ4n) is 2.02. The lowest BCUT2D eigenvalue weighted by molar-refractivity contribution is 0.424. The van der Waals surface area contributed by atoms with Crippen LogP contribution in [0.4, 0.5) is 0 Å². The molecule has 0 amide bonds. The van der Waals surface area contributed by atoms with Crippen LogP contribution in [0.1, 0.15) is 45.6 Å². The van der Waals surface area contributed by atoms with Crippen molar-refractivity contribution in [2.45, 2.75) is 58.5 Å². The first kappa shape index (κ1) is 14.7. The molecule has 0 aliphatic rings. The maximum Gasteiger partial charge on any atom is 0.0410 e. The van der Waals surface area contributed by atoms with Crippen molar-refractivity contribution < 1.29 is 0 Å². The highest BCUT2D eigenvalue weighted by molar-refractivity contribution is 9.10. The Bertz CT molecular complexity index is 326. The number of unbranched alkanes of at least 4 members (excludes halogenated alkanes) is 1. The molecule has 0 bridgehead atoms. The molecule has 0 spiro atoms. The van der Waals surface area contributed by atoms with Crippen molar-refractivity contribution in [2.75, 3.05) is 0 Å². The van der Waals surface area contributed by atoms with Gasteiger partial charge in [-0.25, -0.2) is 0 Å². The predicted octanol–water partition coefficient (Wildman–Crippen LogP) is 3.94. The molecule has 0 saturated carbocycles. The number of pyridine rings is 1. The SMILES string of the molecule is CCCCC(Cc1cncc(Br)c1)NC(C)C. The standard InChI is InChI=1S/C14H23BrN2/c1-4-5-6-14(17-11(2)3)8-12-7-13(15)10-16-9-12/h7,9-11,14,17H,4-6,8H2,1-3H3. The van der Waals surface area contributed by atoms with Crippen LogP contribution < -0.4 is 5.32 Å². The fraction of sp³-hybridized carbons (Fsp3) is 0.643. The van der Waals surface area contributed by atoms with Gasteiger partial charge >= 0.3 is 0 Å². The molecule has 0 aromatic carbocycles. The minimum atomic E-state index is 0.539. The van der Waals surface area contributed by atoms with E-state index in [-0.39, 0.29) is 0 Å². The smallest absolute Gasteiger partial charge is 0.0410 e. The van der Waals surface area contributed by atoms with Crippen LogP contribution in [0.2, 0.25) is 0 Å². The van der Waals surface area contributed by atoms with E-state index < -0.39 is 0 Å². The van der Waals surface area contributed by atoms with Crippen molar-refractivity contribution in [3.05, 3.63) is 28.5 Å². The van der Waals surface area contributed by atoms with Gasteiger partial charge in [0.15, 0.2) is 0 Å². The lowest BCUT2D eigenvalue weighted by Crippen LogP contribution is -2.36. The van der Waals surface area contributed by atoms with Crippen LogP contribution in [0.15, 0.2) is 22.9 Å². The summed E-state index contributed by atoms with van der Waals surface area (Å²) < 4.78 is 1.06. The monoisotopic (exact) mass is 298 g/mol. The Morgan fingerprint density at radius 1 is 1.35 bits per heavy atom. The Morgan fingerprint density at radius 2 is 2.12 bits per heavy atom. The number of rotatable bonds is 7. The zero-order valence-electron chi connectivity index (χ0n) is 11.0. The highest BCUT2D eigenvalue weighted by Gasteiger charge is 2.10. The first-order chi connectivity index (χ1) is 8.11. The topological polar surface area (TPSA) is 24.9 Å². The molecule has 1 N–H and O–H groups in total. The molecule has 2 nitrogen and oxygen atoms in total. The van der Waals surface area contributed by atoms with E-state index in [1.54, 1.807) is 0 Å². The summed E-state index contributed by atoms with van der Waals surface area (Å²) in [5, 5.41) is 3.64. The number of nitrogens with one attached hydrogen (secondary N) is 1. The summed E-state index contributed by atoms with van der Waals surface area (Å²) in [6, 6.07) is 3.26. The third kappa shape index (κ3) is 6.18. The van der Waals surface area contributed by atoms with Crippen LogP contribution >= 0.6 is 15.9 Å². The van der Waals surface area contributed by atoms with Crippen molar-refractivity contribution in [2.24, 2.45) is 0 Å². The van der Waals surface area contributed by atoms with Gasteiger partial charge in [0, 0.05) is 29.0 Å². The molecule has 1 atom stereocenters. The van der Waals surface area contributed by atoms with E-state index in [0.717, 1.165) is 10.9 Å². The minimum Gasteiger partial charge on any atom is -0.311 e. The summed E-state index contributed by atoms with van der Waals surface area (Å²) >= 11 is 3.47. The Morgan fingerprint density at radius 3 is 2.71 bits per heavy atom. The summed E-state index contributed by atoms with van der Waals surface area (Å²) in [5.74, 6) is 0. The molecule has 0 saturated heterocycles. The van der Waals surface area contributed by atoms with E-state index in [9.17, 15) is 0 Å². The molecule has 1 rings (SSSR count). The van der Waals surface area contributed by atoms with Gasteiger partial charge in [0.05, 0.1) is 0 Å². The van der Waals surface area contributed by atoms with Gasteiger partial charge in [-0.15, -0.1) is 0 Å². The van der Waals surface area contributed by atoms with Crippen LogP contribution in [0.3, 0.4) is 0 Å². The molecule has 1 aromatic rings. The highest BCUT2D eigenvalue weighted by Crippen LogP contribution is 2.13. The number of aromatic nitrogens is 1. The quantitative estimate of drug-likeness (QED) is 0.825. The van der Waals surface area contributed by atoms with Gasteiger partial charge in [0.1, 0.15) is 0 Å². The summed E-state index contributed by atoms with van der Waals surface area (Å²) in [4.78, 5) is 4.22. The summed E-state index contributed by atoms with van der Waals surface area (Å²) in [7, 11) is 0. The van der Waals surface area contributed by atoms with E-state index >= 15 is 0 Å². The molecule has 96 valence electrons. The van der Waals surface area contributed by atoms with Crippen LogP contribution in [0.25, 0.3) is 0 Å². The van der Waals surface area contributed by atoms with Crippen molar-refractivity contribution in [3.8, 4) is 0 Å². The second kappa shape index (κ2) is 7.83. The van der Waals surface area contributed by atoms with Crippen LogP contribution in [0.5, 0.6) is 0 Å². The molecule has 17 heavy (non-hydrogen) atoms. The van der Waals surface area contributed by atoms with Gasteiger partial charge in [0.2, 0.25) is 0 Å². The first-order valence-corrected chi connectivity index (χ1v) is 7.26. The third-order valence-corrected chi connectivity index (χ3v) is 3.15. The maximum absolute atomic E-state index is 4.22. The summed E-state index contributed by atoms with van der Waals surface area (Å²) in [6.07, 6.45) is 8.64. The highest BCUT2D eigenvalue weighted by atomic mass is 79.9. The summed E-state index contributed by atoms with van der Waals surface area (Å²) in [6.45, 7) is 6.66. The van der Waals surface area contributed by atoms with Gasteiger partial charge in [-0.2, -0.15) is 0 Å². The Kier molecular flexibility index (Phi) is 6.75. The number of nitrogens with zero attached hydrogens (tertiary/aromatic N) is 1. The molecule has 1 unspecified atom stereocenters. The van der Waals surface area contributed by atoms with Crippen LogP contribution in [-0.2, 0) is 6.42 Å². The van der Waals surface area contributed by atoms with Gasteiger partial charge in [-0.1, -0.05) is 33.6 Å². The van der Waals surface area contributed by atoms with Crippen molar-refractivity contribution >= 4 is 15.9 Å². The molecule has 0 aliphatic carbocycles. The van der Waals surface area contributed by atoms with E-state index in [2.05, 4.69) is 53.1 Å².